The van der Waals surface area contributed by atoms with E-state index in [-0.39, 0.29) is 0 Å². The van der Waals surface area contributed by atoms with Crippen molar-refractivity contribution in [2.24, 2.45) is 29.6 Å². The van der Waals surface area contributed by atoms with Crippen LogP contribution in [0.25, 0.3) is 0 Å². The molecular weight excluding hydrogens is 272 g/mol. The Morgan fingerprint density at radius 3 is 2.14 bits per heavy atom. The topological polar surface area (TPSA) is 0 Å². The van der Waals surface area contributed by atoms with Crippen molar-refractivity contribution in [3.63, 3.8) is 0 Å². The van der Waals surface area contributed by atoms with Gasteiger partial charge in [0, 0.05) is 5.25 Å². The highest BCUT2D eigenvalue weighted by Gasteiger charge is 2.32. The maximum Gasteiger partial charge on any atom is 0.00751 e. The molecule has 21 heavy (non-hydrogen) atoms. The van der Waals surface area contributed by atoms with Crippen LogP contribution in [0.2, 0.25) is 0 Å². The summed E-state index contributed by atoms with van der Waals surface area (Å²) in [6.07, 6.45) is 13.9. The van der Waals surface area contributed by atoms with E-state index in [9.17, 15) is 0 Å². The molecule has 0 radical (unpaired) electrons. The normalized spacial score (nSPS) is 35.3. The Kier molecular flexibility index (Phi) is 9.41. The molecule has 5 atom stereocenters. The van der Waals surface area contributed by atoms with Crippen LogP contribution < -0.4 is 0 Å². The second kappa shape index (κ2) is 10.2. The van der Waals surface area contributed by atoms with Crippen molar-refractivity contribution in [1.29, 1.82) is 0 Å². The third-order valence-electron chi connectivity index (χ3n) is 6.13. The van der Waals surface area contributed by atoms with Gasteiger partial charge in [-0.3, -0.25) is 0 Å². The molecule has 0 aliphatic heterocycles. The van der Waals surface area contributed by atoms with Gasteiger partial charge in [0.25, 0.3) is 0 Å². The van der Waals surface area contributed by atoms with Crippen LogP contribution in [0.15, 0.2) is 0 Å². The van der Waals surface area contributed by atoms with Crippen molar-refractivity contribution < 1.29 is 0 Å². The lowest BCUT2D eigenvalue weighted by Crippen LogP contribution is -2.25. The minimum Gasteiger partial charge on any atom is -0.162 e. The molecule has 0 aromatic carbocycles. The molecule has 0 spiro atoms. The summed E-state index contributed by atoms with van der Waals surface area (Å²) in [4.78, 5) is 0. The summed E-state index contributed by atoms with van der Waals surface area (Å²) >= 11 is 2.15. The summed E-state index contributed by atoms with van der Waals surface area (Å²) in [5.74, 6) is 4.73. The Morgan fingerprint density at radius 1 is 0.952 bits per heavy atom. The zero-order valence-electron chi connectivity index (χ0n) is 15.5. The molecule has 0 N–H and O–H groups in total. The van der Waals surface area contributed by atoms with E-state index in [1.807, 2.05) is 0 Å². The van der Waals surface area contributed by atoms with Crippen LogP contribution in [-0.4, -0.2) is 11.5 Å². The highest BCUT2D eigenvalue weighted by Crippen LogP contribution is 2.42. The Bertz CT molecular complexity index is 261. The molecule has 0 aromatic rings. The van der Waals surface area contributed by atoms with Crippen molar-refractivity contribution in [3.8, 4) is 0 Å². The first-order chi connectivity index (χ1) is 10.1. The van der Waals surface area contributed by atoms with Crippen LogP contribution in [0.4, 0.5) is 0 Å². The SMILES string of the molecule is CCCC1CC(CC)CC(C(C)C)C(SC)CCC1CC. The van der Waals surface area contributed by atoms with E-state index in [2.05, 4.69) is 52.6 Å². The van der Waals surface area contributed by atoms with Crippen LogP contribution in [0.1, 0.15) is 86.0 Å². The molecule has 0 aromatic heterocycles. The summed E-state index contributed by atoms with van der Waals surface area (Å²) in [5.41, 5.74) is 0. The summed E-state index contributed by atoms with van der Waals surface area (Å²) < 4.78 is 0. The second-order valence-corrected chi connectivity index (χ2v) is 8.80. The molecular formula is C20H40S. The van der Waals surface area contributed by atoms with Crippen LogP contribution in [-0.2, 0) is 0 Å². The van der Waals surface area contributed by atoms with Gasteiger partial charge in [-0.1, -0.05) is 60.3 Å². The van der Waals surface area contributed by atoms with E-state index < -0.39 is 0 Å². The van der Waals surface area contributed by atoms with Crippen molar-refractivity contribution in [1.82, 2.24) is 0 Å². The molecule has 5 unspecified atom stereocenters. The van der Waals surface area contributed by atoms with Crippen molar-refractivity contribution in [2.45, 2.75) is 91.2 Å². The van der Waals surface area contributed by atoms with Crippen molar-refractivity contribution in [2.75, 3.05) is 6.26 Å². The largest absolute Gasteiger partial charge is 0.162 e. The molecule has 1 heteroatoms. The fraction of sp³-hybridized carbons (Fsp3) is 1.00. The molecule has 126 valence electrons. The zero-order valence-corrected chi connectivity index (χ0v) is 16.3. The van der Waals surface area contributed by atoms with Gasteiger partial charge in [-0.05, 0) is 61.5 Å². The third-order valence-corrected chi connectivity index (χ3v) is 7.32. The summed E-state index contributed by atoms with van der Waals surface area (Å²) in [5, 5.41) is 0.897. The standard InChI is InChI=1S/C20H40S/c1-7-10-18-13-16(8-2)14-19(15(4)5)20(21-6)12-11-17(18)9-3/h15-20H,7-14H2,1-6H3. The molecule has 0 amide bonds. The quantitative estimate of drug-likeness (QED) is 0.507. The van der Waals surface area contributed by atoms with Gasteiger partial charge in [0.1, 0.15) is 0 Å². The van der Waals surface area contributed by atoms with Crippen LogP contribution in [0.3, 0.4) is 0 Å². The van der Waals surface area contributed by atoms with E-state index in [0.29, 0.717) is 0 Å². The van der Waals surface area contributed by atoms with E-state index in [1.165, 1.54) is 51.4 Å². The maximum absolute atomic E-state index is 2.46. The molecule has 1 fully saturated rings. The Morgan fingerprint density at radius 2 is 1.67 bits per heavy atom. The van der Waals surface area contributed by atoms with Crippen molar-refractivity contribution >= 4 is 11.8 Å². The number of rotatable bonds is 6. The number of thioether (sulfide) groups is 1. The Hall–Kier alpha value is 0.350. The van der Waals surface area contributed by atoms with Gasteiger partial charge in [-0.25, -0.2) is 0 Å². The fourth-order valence-corrected chi connectivity index (χ4v) is 5.82. The van der Waals surface area contributed by atoms with Crippen LogP contribution in [0, 0.1) is 29.6 Å². The van der Waals surface area contributed by atoms with Crippen molar-refractivity contribution in [3.05, 3.63) is 0 Å². The van der Waals surface area contributed by atoms with E-state index >= 15 is 0 Å². The number of hydrogen-bond donors (Lipinski definition) is 0. The van der Waals surface area contributed by atoms with E-state index in [0.717, 1.165) is 34.8 Å². The van der Waals surface area contributed by atoms with Gasteiger partial charge in [0.05, 0.1) is 0 Å². The monoisotopic (exact) mass is 312 g/mol. The smallest absolute Gasteiger partial charge is 0.00751 e. The van der Waals surface area contributed by atoms with Gasteiger partial charge in [0.2, 0.25) is 0 Å². The van der Waals surface area contributed by atoms with Gasteiger partial charge in [-0.2, -0.15) is 11.8 Å². The van der Waals surface area contributed by atoms with Crippen LogP contribution >= 0.6 is 11.8 Å². The third kappa shape index (κ3) is 5.81. The molecule has 1 rings (SSSR count). The molecule has 1 saturated carbocycles. The summed E-state index contributed by atoms with van der Waals surface area (Å²) in [6, 6.07) is 0. The first kappa shape index (κ1) is 19.4. The van der Waals surface area contributed by atoms with Gasteiger partial charge < -0.3 is 0 Å². The molecule has 0 heterocycles. The first-order valence-electron chi connectivity index (χ1n) is 9.59. The first-order valence-corrected chi connectivity index (χ1v) is 10.9. The molecule has 0 saturated heterocycles. The van der Waals surface area contributed by atoms with Gasteiger partial charge in [-0.15, -0.1) is 0 Å². The minimum absolute atomic E-state index is 0.847. The highest BCUT2D eigenvalue weighted by atomic mass is 32.2. The lowest BCUT2D eigenvalue weighted by Gasteiger charge is -2.31. The van der Waals surface area contributed by atoms with Gasteiger partial charge in [0.15, 0.2) is 0 Å². The molecule has 0 bridgehead atoms. The van der Waals surface area contributed by atoms with E-state index in [1.54, 1.807) is 0 Å². The molecule has 1 aliphatic rings. The lowest BCUT2D eigenvalue weighted by molar-refractivity contribution is 0.217. The fourth-order valence-electron chi connectivity index (χ4n) is 4.67. The summed E-state index contributed by atoms with van der Waals surface area (Å²) in [6.45, 7) is 12.2. The average Bonchev–Trinajstić information content (AvgIpc) is 2.54. The predicted octanol–water partition coefficient (Wildman–Crippen LogP) is 7.03. The molecule has 0 nitrogen and oxygen atoms in total. The predicted molar refractivity (Wildman–Crippen MR) is 100 cm³/mol. The Labute approximate surface area is 139 Å². The zero-order chi connectivity index (χ0) is 15.8. The lowest BCUT2D eigenvalue weighted by atomic mass is 9.76. The minimum atomic E-state index is 0.847. The van der Waals surface area contributed by atoms with E-state index in [4.69, 9.17) is 0 Å². The number of hydrogen-bond acceptors (Lipinski definition) is 1. The Balaban J connectivity index is 2.92. The maximum atomic E-state index is 2.46. The summed E-state index contributed by atoms with van der Waals surface area (Å²) in [7, 11) is 0. The van der Waals surface area contributed by atoms with Gasteiger partial charge >= 0.3 is 0 Å². The van der Waals surface area contributed by atoms with Crippen LogP contribution in [0.5, 0.6) is 0 Å². The highest BCUT2D eigenvalue weighted by molar-refractivity contribution is 7.99. The second-order valence-electron chi connectivity index (χ2n) is 7.72. The average molecular weight is 313 g/mol. The molecule has 1 aliphatic carbocycles.